The van der Waals surface area contributed by atoms with Crippen molar-refractivity contribution in [3.05, 3.63) is 76.3 Å². The number of fused-ring (bicyclic) bond motifs is 3. The van der Waals surface area contributed by atoms with Crippen molar-refractivity contribution in [3.63, 3.8) is 0 Å². The highest BCUT2D eigenvalue weighted by atomic mass is 79.9. The first-order chi connectivity index (χ1) is 18.3. The van der Waals surface area contributed by atoms with E-state index < -0.39 is 11.9 Å². The molecule has 1 saturated heterocycles. The molecule has 2 N–H and O–H groups in total. The summed E-state index contributed by atoms with van der Waals surface area (Å²) < 4.78 is 8.80. The Morgan fingerprint density at radius 1 is 0.816 bits per heavy atom. The molecule has 0 atom stereocenters. The maximum Gasteiger partial charge on any atom is 0.414 e. The number of piperazine rings is 1. The summed E-state index contributed by atoms with van der Waals surface area (Å²) in [7, 11) is 1.71. The zero-order valence-electron chi connectivity index (χ0n) is 21.6. The van der Waals surface area contributed by atoms with Gasteiger partial charge in [0.1, 0.15) is 5.75 Å². The van der Waals surface area contributed by atoms with Gasteiger partial charge in [0.05, 0.1) is 11.6 Å². The van der Waals surface area contributed by atoms with Crippen LogP contribution in [0.3, 0.4) is 0 Å². The Morgan fingerprint density at radius 2 is 1.37 bits per heavy atom. The first kappa shape index (κ1) is 27.6. The van der Waals surface area contributed by atoms with E-state index in [0.717, 1.165) is 56.0 Å². The van der Waals surface area contributed by atoms with E-state index in [4.69, 9.17) is 24.5 Å². The number of hydrogen-bond donors (Lipinski definition) is 2. The lowest BCUT2D eigenvalue weighted by molar-refractivity contribution is -0.159. The number of methoxy groups -OCH3 is 1. The Bertz CT molecular complexity index is 1430. The Balaban J connectivity index is 0.000000505. The molecule has 1 aliphatic heterocycles. The van der Waals surface area contributed by atoms with Gasteiger partial charge in [0.15, 0.2) is 0 Å². The van der Waals surface area contributed by atoms with Gasteiger partial charge in [-0.1, -0.05) is 30.3 Å². The van der Waals surface area contributed by atoms with Gasteiger partial charge in [0.25, 0.3) is 0 Å². The van der Waals surface area contributed by atoms with Crippen LogP contribution < -0.4 is 4.74 Å². The standard InChI is InChI=1S/C27H30BrN3O.C2H2O4/c1-3-31-25-7-5-4-6-22(25)23-16-20(8-10-26(23)31)18-29-12-14-30(15-13-29)19-21-9-11-27(32-2)24(28)17-21;3-1(4)2(5)6/h4-11,16-17H,3,12-15,18-19H2,1-2H3;(H,3,4)(H,5,6). The first-order valence-corrected chi connectivity index (χ1v) is 13.3. The molecule has 1 fully saturated rings. The van der Waals surface area contributed by atoms with Crippen molar-refractivity contribution in [1.29, 1.82) is 0 Å². The number of halogens is 1. The van der Waals surface area contributed by atoms with Crippen LogP contribution in [0.2, 0.25) is 0 Å². The lowest BCUT2D eigenvalue weighted by Crippen LogP contribution is -2.45. The molecule has 0 radical (unpaired) electrons. The minimum Gasteiger partial charge on any atom is -0.496 e. The van der Waals surface area contributed by atoms with Crippen LogP contribution in [0.1, 0.15) is 18.1 Å². The molecule has 38 heavy (non-hydrogen) atoms. The fraction of sp³-hybridized carbons (Fsp3) is 0.310. The summed E-state index contributed by atoms with van der Waals surface area (Å²) in [6, 6.07) is 22.2. The van der Waals surface area contributed by atoms with Gasteiger partial charge in [-0.15, -0.1) is 0 Å². The molecule has 0 spiro atoms. The summed E-state index contributed by atoms with van der Waals surface area (Å²) in [5.74, 6) is -2.76. The van der Waals surface area contributed by atoms with Crippen molar-refractivity contribution in [2.24, 2.45) is 0 Å². The maximum absolute atomic E-state index is 9.10. The van der Waals surface area contributed by atoms with Gasteiger partial charge in [-0.25, -0.2) is 9.59 Å². The Hall–Kier alpha value is -3.40. The summed E-state index contributed by atoms with van der Waals surface area (Å²) in [4.78, 5) is 23.3. The fourth-order valence-electron chi connectivity index (χ4n) is 4.97. The minimum absolute atomic E-state index is 0.887. The molecule has 1 aliphatic rings. The summed E-state index contributed by atoms with van der Waals surface area (Å²) >= 11 is 3.60. The number of carbonyl (C=O) groups is 2. The number of rotatable bonds is 6. The van der Waals surface area contributed by atoms with Crippen molar-refractivity contribution < 1.29 is 24.5 Å². The van der Waals surface area contributed by atoms with E-state index in [-0.39, 0.29) is 0 Å². The summed E-state index contributed by atoms with van der Waals surface area (Å²) in [5.41, 5.74) is 5.40. The van der Waals surface area contributed by atoms with Crippen LogP contribution in [-0.2, 0) is 29.2 Å². The van der Waals surface area contributed by atoms with Crippen LogP contribution in [0.4, 0.5) is 0 Å². The van der Waals surface area contributed by atoms with E-state index in [2.05, 4.69) is 91.8 Å². The number of aromatic nitrogens is 1. The van der Waals surface area contributed by atoms with E-state index in [1.165, 1.54) is 32.9 Å². The fourth-order valence-corrected chi connectivity index (χ4v) is 5.56. The van der Waals surface area contributed by atoms with Crippen molar-refractivity contribution >= 4 is 49.7 Å². The number of carboxylic acid groups (broad SMARTS) is 2. The van der Waals surface area contributed by atoms with Crippen LogP contribution in [0.15, 0.2) is 65.1 Å². The molecule has 3 aromatic carbocycles. The molecule has 4 aromatic rings. The van der Waals surface area contributed by atoms with Gasteiger partial charge in [0, 0.05) is 67.6 Å². The van der Waals surface area contributed by atoms with Crippen molar-refractivity contribution in [3.8, 4) is 5.75 Å². The second-order valence-corrected chi connectivity index (χ2v) is 10.1. The predicted molar refractivity (Wildman–Crippen MR) is 152 cm³/mol. The summed E-state index contributed by atoms with van der Waals surface area (Å²) in [6.45, 7) is 9.63. The van der Waals surface area contributed by atoms with Gasteiger partial charge < -0.3 is 19.5 Å². The quantitative estimate of drug-likeness (QED) is 0.307. The van der Waals surface area contributed by atoms with E-state index >= 15 is 0 Å². The van der Waals surface area contributed by atoms with Gasteiger partial charge >= 0.3 is 11.9 Å². The smallest absolute Gasteiger partial charge is 0.414 e. The normalized spacial score (nSPS) is 14.3. The van der Waals surface area contributed by atoms with Crippen LogP contribution in [0, 0.1) is 0 Å². The lowest BCUT2D eigenvalue weighted by Gasteiger charge is -2.34. The molecule has 1 aromatic heterocycles. The average Bonchev–Trinajstić information content (AvgIpc) is 3.23. The molecule has 200 valence electrons. The van der Waals surface area contributed by atoms with Gasteiger partial charge in [-0.2, -0.15) is 0 Å². The van der Waals surface area contributed by atoms with E-state index in [1.807, 2.05) is 6.07 Å². The number of nitrogens with zero attached hydrogens (tertiary/aromatic N) is 3. The van der Waals surface area contributed by atoms with Crippen molar-refractivity contribution in [2.75, 3.05) is 33.3 Å². The van der Waals surface area contributed by atoms with E-state index in [9.17, 15) is 0 Å². The largest absolute Gasteiger partial charge is 0.496 e. The van der Waals surface area contributed by atoms with Crippen LogP contribution in [-0.4, -0.2) is 69.8 Å². The second-order valence-electron chi connectivity index (χ2n) is 9.24. The average molecular weight is 582 g/mol. The highest BCUT2D eigenvalue weighted by Gasteiger charge is 2.18. The molecule has 0 unspecified atom stereocenters. The highest BCUT2D eigenvalue weighted by Crippen LogP contribution is 2.30. The molecule has 0 saturated carbocycles. The van der Waals surface area contributed by atoms with Gasteiger partial charge in [-0.3, -0.25) is 9.80 Å². The molecule has 0 aliphatic carbocycles. The predicted octanol–water partition coefficient (Wildman–Crippen LogP) is 5.06. The Labute approximate surface area is 230 Å². The van der Waals surface area contributed by atoms with Gasteiger partial charge in [-0.05, 0) is 64.3 Å². The second kappa shape index (κ2) is 12.4. The van der Waals surface area contributed by atoms with Gasteiger partial charge in [0.2, 0.25) is 0 Å². The SMILES string of the molecule is CCn1c2ccccc2c2cc(CN3CCN(Cc4ccc(OC)c(Br)c4)CC3)ccc21.O=C(O)C(=O)O. The van der Waals surface area contributed by atoms with Crippen LogP contribution >= 0.6 is 15.9 Å². The molecular formula is C29H32BrN3O5. The Kier molecular flexibility index (Phi) is 9.04. The zero-order chi connectivity index (χ0) is 27.2. The van der Waals surface area contributed by atoms with E-state index in [0.29, 0.717) is 0 Å². The van der Waals surface area contributed by atoms with Crippen LogP contribution in [0.25, 0.3) is 21.8 Å². The topological polar surface area (TPSA) is 95.2 Å². The van der Waals surface area contributed by atoms with Crippen molar-refractivity contribution in [2.45, 2.75) is 26.6 Å². The summed E-state index contributed by atoms with van der Waals surface area (Å²) in [5, 5.41) is 17.5. The number of hydrogen-bond acceptors (Lipinski definition) is 5. The molecule has 5 rings (SSSR count). The zero-order valence-corrected chi connectivity index (χ0v) is 23.1. The Morgan fingerprint density at radius 3 is 1.92 bits per heavy atom. The molecular weight excluding hydrogens is 550 g/mol. The summed E-state index contributed by atoms with van der Waals surface area (Å²) in [6.07, 6.45) is 0. The molecule has 2 heterocycles. The number of para-hydroxylation sites is 1. The number of benzene rings is 3. The third kappa shape index (κ3) is 6.35. The lowest BCUT2D eigenvalue weighted by atomic mass is 10.1. The molecule has 0 amide bonds. The minimum atomic E-state index is -1.82. The van der Waals surface area contributed by atoms with E-state index in [1.54, 1.807) is 7.11 Å². The number of ether oxygens (including phenoxy) is 1. The third-order valence-electron chi connectivity index (χ3n) is 6.83. The van der Waals surface area contributed by atoms with Crippen LogP contribution in [0.5, 0.6) is 5.75 Å². The maximum atomic E-state index is 9.10. The third-order valence-corrected chi connectivity index (χ3v) is 7.45. The molecule has 0 bridgehead atoms. The molecule has 9 heteroatoms. The number of aryl methyl sites for hydroxylation is 1. The number of aliphatic carboxylic acids is 2. The highest BCUT2D eigenvalue weighted by molar-refractivity contribution is 9.10. The monoisotopic (exact) mass is 581 g/mol. The van der Waals surface area contributed by atoms with Crippen molar-refractivity contribution in [1.82, 2.24) is 14.4 Å². The molecule has 8 nitrogen and oxygen atoms in total. The first-order valence-electron chi connectivity index (χ1n) is 12.5. The number of carboxylic acids is 2.